The Hall–Kier alpha value is -0.0800. The van der Waals surface area contributed by atoms with Gasteiger partial charge in [-0.2, -0.15) is 0 Å². The largest absolute Gasteiger partial charge is 0.311 e. The van der Waals surface area contributed by atoms with Gasteiger partial charge in [0.15, 0.2) is 0 Å². The van der Waals surface area contributed by atoms with Gasteiger partial charge in [-0.3, -0.25) is 0 Å². The van der Waals surface area contributed by atoms with Gasteiger partial charge in [0.1, 0.15) is 0 Å². The van der Waals surface area contributed by atoms with E-state index < -0.39 is 0 Å². The van der Waals surface area contributed by atoms with Gasteiger partial charge in [-0.05, 0) is 51.0 Å². The first-order valence-corrected chi connectivity index (χ1v) is 7.87. The lowest BCUT2D eigenvalue weighted by atomic mass is 9.87. The Kier molecular flexibility index (Phi) is 3.72. The second-order valence-electron chi connectivity index (χ2n) is 6.48. The van der Waals surface area contributed by atoms with Crippen molar-refractivity contribution in [2.45, 2.75) is 76.4 Å². The van der Waals surface area contributed by atoms with E-state index in [-0.39, 0.29) is 0 Å². The highest BCUT2D eigenvalue weighted by molar-refractivity contribution is 4.98. The van der Waals surface area contributed by atoms with Crippen molar-refractivity contribution in [2.75, 3.05) is 13.1 Å². The van der Waals surface area contributed by atoms with Crippen molar-refractivity contribution in [1.29, 1.82) is 0 Å². The van der Waals surface area contributed by atoms with E-state index in [1.807, 2.05) is 0 Å². The number of likely N-dealkylation sites (tertiary alicyclic amines) is 1. The van der Waals surface area contributed by atoms with Crippen LogP contribution < -0.4 is 5.32 Å². The smallest absolute Gasteiger partial charge is 0.0111 e. The van der Waals surface area contributed by atoms with Crippen molar-refractivity contribution >= 4 is 0 Å². The average Bonchev–Trinajstić information content (AvgIpc) is 2.94. The number of hydrogen-bond donors (Lipinski definition) is 1. The van der Waals surface area contributed by atoms with Crippen LogP contribution in [0.3, 0.4) is 0 Å². The molecule has 98 valence electrons. The molecular weight excluding hydrogens is 208 g/mol. The SMILES string of the molecule is CCCC1CCCCN1CC1CC2CCC1N2. The maximum atomic E-state index is 3.79. The predicted octanol–water partition coefficient (Wildman–Crippen LogP) is 2.78. The van der Waals surface area contributed by atoms with Gasteiger partial charge in [-0.25, -0.2) is 0 Å². The third-order valence-electron chi connectivity index (χ3n) is 5.27. The minimum Gasteiger partial charge on any atom is -0.311 e. The summed E-state index contributed by atoms with van der Waals surface area (Å²) in [4.78, 5) is 2.83. The molecule has 4 unspecified atom stereocenters. The number of rotatable bonds is 4. The molecule has 3 fully saturated rings. The van der Waals surface area contributed by atoms with Gasteiger partial charge in [-0.1, -0.05) is 19.8 Å². The molecule has 3 aliphatic rings. The summed E-state index contributed by atoms with van der Waals surface area (Å²) < 4.78 is 0. The molecule has 0 saturated carbocycles. The van der Waals surface area contributed by atoms with Gasteiger partial charge in [0.25, 0.3) is 0 Å². The Morgan fingerprint density at radius 2 is 2.12 bits per heavy atom. The quantitative estimate of drug-likeness (QED) is 0.807. The zero-order valence-electron chi connectivity index (χ0n) is 11.3. The van der Waals surface area contributed by atoms with Gasteiger partial charge in [0, 0.05) is 24.7 Å². The van der Waals surface area contributed by atoms with Crippen molar-refractivity contribution in [3.8, 4) is 0 Å². The second-order valence-corrected chi connectivity index (χ2v) is 6.48. The van der Waals surface area contributed by atoms with Gasteiger partial charge in [0.05, 0.1) is 0 Å². The van der Waals surface area contributed by atoms with Crippen LogP contribution >= 0.6 is 0 Å². The third-order valence-corrected chi connectivity index (χ3v) is 5.27. The first-order chi connectivity index (χ1) is 8.36. The molecule has 3 aliphatic heterocycles. The molecule has 2 nitrogen and oxygen atoms in total. The summed E-state index contributed by atoms with van der Waals surface area (Å²) in [5.41, 5.74) is 0. The highest BCUT2D eigenvalue weighted by atomic mass is 15.2. The fourth-order valence-electron chi connectivity index (χ4n) is 4.40. The Labute approximate surface area is 106 Å². The molecule has 3 rings (SSSR count). The molecule has 3 saturated heterocycles. The van der Waals surface area contributed by atoms with Crippen LogP contribution in [0.15, 0.2) is 0 Å². The van der Waals surface area contributed by atoms with E-state index in [0.29, 0.717) is 0 Å². The Bertz CT molecular complexity index is 251. The van der Waals surface area contributed by atoms with Crippen molar-refractivity contribution in [3.63, 3.8) is 0 Å². The summed E-state index contributed by atoms with van der Waals surface area (Å²) in [6.07, 6.45) is 11.5. The van der Waals surface area contributed by atoms with E-state index in [0.717, 1.165) is 24.0 Å². The van der Waals surface area contributed by atoms with E-state index in [2.05, 4.69) is 17.1 Å². The lowest BCUT2D eigenvalue weighted by Gasteiger charge is -2.38. The van der Waals surface area contributed by atoms with Crippen LogP contribution in [-0.2, 0) is 0 Å². The summed E-state index contributed by atoms with van der Waals surface area (Å²) in [7, 11) is 0. The van der Waals surface area contributed by atoms with E-state index in [1.54, 1.807) is 0 Å². The highest BCUT2D eigenvalue weighted by Crippen LogP contribution is 2.35. The summed E-state index contributed by atoms with van der Waals surface area (Å²) in [5.74, 6) is 0.964. The Balaban J connectivity index is 1.55. The van der Waals surface area contributed by atoms with Crippen molar-refractivity contribution < 1.29 is 0 Å². The number of nitrogens with zero attached hydrogens (tertiary/aromatic N) is 1. The van der Waals surface area contributed by atoms with E-state index in [1.165, 1.54) is 64.5 Å². The van der Waals surface area contributed by atoms with Gasteiger partial charge in [0.2, 0.25) is 0 Å². The zero-order valence-corrected chi connectivity index (χ0v) is 11.3. The van der Waals surface area contributed by atoms with E-state index in [9.17, 15) is 0 Å². The first-order valence-electron chi connectivity index (χ1n) is 7.87. The number of nitrogens with one attached hydrogen (secondary N) is 1. The fraction of sp³-hybridized carbons (Fsp3) is 1.00. The maximum absolute atomic E-state index is 3.79. The molecule has 2 heteroatoms. The molecule has 0 aromatic heterocycles. The lowest BCUT2D eigenvalue weighted by Crippen LogP contribution is -2.44. The number of fused-ring (bicyclic) bond motifs is 2. The standard InChI is InChI=1S/C15H28N2/c1-2-5-14-6-3-4-9-17(14)11-12-10-13-7-8-15(12)16-13/h12-16H,2-11H2,1H3. The molecular formula is C15H28N2. The molecule has 17 heavy (non-hydrogen) atoms. The molecule has 4 atom stereocenters. The second kappa shape index (κ2) is 5.27. The van der Waals surface area contributed by atoms with E-state index in [4.69, 9.17) is 0 Å². The van der Waals surface area contributed by atoms with Crippen LogP contribution in [-0.4, -0.2) is 36.1 Å². The van der Waals surface area contributed by atoms with Crippen LogP contribution in [0.2, 0.25) is 0 Å². The van der Waals surface area contributed by atoms with Crippen molar-refractivity contribution in [2.24, 2.45) is 5.92 Å². The molecule has 0 amide bonds. The molecule has 0 aromatic rings. The van der Waals surface area contributed by atoms with Crippen LogP contribution in [0.4, 0.5) is 0 Å². The molecule has 3 heterocycles. The molecule has 1 N–H and O–H groups in total. The first kappa shape index (κ1) is 12.0. The molecule has 0 aliphatic carbocycles. The predicted molar refractivity (Wildman–Crippen MR) is 72.2 cm³/mol. The van der Waals surface area contributed by atoms with Gasteiger partial charge in [-0.15, -0.1) is 0 Å². The Morgan fingerprint density at radius 3 is 2.82 bits per heavy atom. The van der Waals surface area contributed by atoms with Crippen LogP contribution in [0.1, 0.15) is 58.3 Å². The molecule has 0 aromatic carbocycles. The number of piperidine rings is 1. The fourth-order valence-corrected chi connectivity index (χ4v) is 4.40. The van der Waals surface area contributed by atoms with Crippen LogP contribution in [0, 0.1) is 5.92 Å². The summed E-state index contributed by atoms with van der Waals surface area (Å²) in [6, 6.07) is 2.65. The monoisotopic (exact) mass is 236 g/mol. The molecule has 2 bridgehead atoms. The van der Waals surface area contributed by atoms with Crippen molar-refractivity contribution in [3.05, 3.63) is 0 Å². The highest BCUT2D eigenvalue weighted by Gasteiger charge is 2.40. The van der Waals surface area contributed by atoms with Gasteiger partial charge >= 0.3 is 0 Å². The van der Waals surface area contributed by atoms with E-state index >= 15 is 0 Å². The molecule has 0 radical (unpaired) electrons. The third kappa shape index (κ3) is 2.53. The lowest BCUT2D eigenvalue weighted by molar-refractivity contribution is 0.110. The Morgan fingerprint density at radius 1 is 1.18 bits per heavy atom. The normalized spacial score (nSPS) is 42.2. The average molecular weight is 236 g/mol. The minimum absolute atomic E-state index is 0.865. The number of hydrogen-bond acceptors (Lipinski definition) is 2. The van der Waals surface area contributed by atoms with Gasteiger partial charge < -0.3 is 10.2 Å². The summed E-state index contributed by atoms with van der Waals surface area (Å²) >= 11 is 0. The molecule has 0 spiro atoms. The summed E-state index contributed by atoms with van der Waals surface area (Å²) in [5, 5.41) is 3.79. The maximum Gasteiger partial charge on any atom is 0.0111 e. The minimum atomic E-state index is 0.865. The zero-order chi connectivity index (χ0) is 11.7. The van der Waals surface area contributed by atoms with Crippen molar-refractivity contribution in [1.82, 2.24) is 10.2 Å². The summed E-state index contributed by atoms with van der Waals surface area (Å²) in [6.45, 7) is 5.10. The van der Waals surface area contributed by atoms with Crippen LogP contribution in [0.5, 0.6) is 0 Å². The topological polar surface area (TPSA) is 15.3 Å². The van der Waals surface area contributed by atoms with Crippen LogP contribution in [0.25, 0.3) is 0 Å².